The highest BCUT2D eigenvalue weighted by atomic mass is 35.5. The molecule has 0 bridgehead atoms. The third-order valence-corrected chi connectivity index (χ3v) is 7.98. The molecule has 0 unspecified atom stereocenters. The molecule has 4 rings (SSSR count). The number of amides is 1. The van der Waals surface area contributed by atoms with Crippen molar-refractivity contribution >= 4 is 44.6 Å². The number of morpholine rings is 1. The van der Waals surface area contributed by atoms with Crippen molar-refractivity contribution in [2.75, 3.05) is 73.4 Å². The molecule has 2 aliphatic rings. The fraction of sp³-hybridized carbons (Fsp3) is 0.435. The molecule has 178 valence electrons. The first kappa shape index (κ1) is 23.8. The fourth-order valence-corrected chi connectivity index (χ4v) is 5.82. The maximum absolute atomic E-state index is 12.9. The molecule has 0 spiro atoms. The van der Waals surface area contributed by atoms with Crippen LogP contribution in [0, 0.1) is 6.92 Å². The van der Waals surface area contributed by atoms with Gasteiger partial charge in [-0.05, 0) is 36.8 Å². The summed E-state index contributed by atoms with van der Waals surface area (Å²) in [5.41, 5.74) is 3.45. The van der Waals surface area contributed by atoms with E-state index in [1.54, 1.807) is 18.2 Å². The molecule has 2 saturated heterocycles. The van der Waals surface area contributed by atoms with E-state index in [1.165, 1.54) is 4.31 Å². The summed E-state index contributed by atoms with van der Waals surface area (Å²) < 4.78 is 32.7. The largest absolute Gasteiger partial charge is 0.378 e. The van der Waals surface area contributed by atoms with Crippen molar-refractivity contribution in [2.24, 2.45) is 0 Å². The molecular formula is C23H29ClN4O4S. The Kier molecular flexibility index (Phi) is 7.43. The van der Waals surface area contributed by atoms with Gasteiger partial charge in [0.2, 0.25) is 15.9 Å². The zero-order chi connectivity index (χ0) is 23.4. The van der Waals surface area contributed by atoms with Gasteiger partial charge in [-0.2, -0.15) is 4.31 Å². The van der Waals surface area contributed by atoms with Gasteiger partial charge >= 0.3 is 0 Å². The number of nitrogens with one attached hydrogen (secondary N) is 1. The number of aryl methyl sites for hydroxylation is 1. The van der Waals surface area contributed by atoms with Gasteiger partial charge in [-0.25, -0.2) is 8.42 Å². The second-order valence-corrected chi connectivity index (χ2v) is 10.6. The number of para-hydroxylation sites is 1. The number of nitrogens with zero attached hydrogens (tertiary/aromatic N) is 3. The summed E-state index contributed by atoms with van der Waals surface area (Å²) in [7, 11) is -3.74. The summed E-state index contributed by atoms with van der Waals surface area (Å²) in [5, 5.41) is 3.27. The Morgan fingerprint density at radius 1 is 1.00 bits per heavy atom. The molecule has 2 fully saturated rings. The quantitative estimate of drug-likeness (QED) is 0.667. The zero-order valence-electron chi connectivity index (χ0n) is 18.7. The summed E-state index contributed by atoms with van der Waals surface area (Å²) in [6.07, 6.45) is 0. The minimum atomic E-state index is -3.74. The molecule has 2 aromatic carbocycles. The third kappa shape index (κ3) is 5.78. The Labute approximate surface area is 200 Å². The Hall–Kier alpha value is -2.33. The van der Waals surface area contributed by atoms with Gasteiger partial charge < -0.3 is 19.9 Å². The smallest absolute Gasteiger partial charge is 0.241 e. The van der Waals surface area contributed by atoms with E-state index in [1.807, 2.05) is 30.0 Å². The highest BCUT2D eigenvalue weighted by Gasteiger charge is 2.30. The maximum atomic E-state index is 12.9. The van der Waals surface area contributed by atoms with Gasteiger partial charge in [0.15, 0.2) is 0 Å². The van der Waals surface area contributed by atoms with Gasteiger partial charge in [0, 0.05) is 45.0 Å². The maximum Gasteiger partial charge on any atom is 0.241 e. The highest BCUT2D eigenvalue weighted by Crippen LogP contribution is 2.34. The number of rotatable bonds is 6. The minimum absolute atomic E-state index is 0.347. The summed E-state index contributed by atoms with van der Waals surface area (Å²) in [6.45, 7) is 6.33. The fourth-order valence-electron chi connectivity index (χ4n) is 4.22. The molecule has 2 aliphatic heterocycles. The van der Waals surface area contributed by atoms with Crippen molar-refractivity contribution in [1.82, 2.24) is 4.31 Å². The lowest BCUT2D eigenvalue weighted by Gasteiger charge is -2.35. The van der Waals surface area contributed by atoms with E-state index in [0.717, 1.165) is 11.3 Å². The van der Waals surface area contributed by atoms with Crippen molar-refractivity contribution in [3.05, 3.63) is 53.1 Å². The monoisotopic (exact) mass is 492 g/mol. The standard InChI is InChI=1S/C23H29ClN4O4S/c1-18-4-2-5-19(16-18)26-8-10-28(11-9-26)33(30,31)17-22(29)25-21-7-3-6-20(24)23(21)27-12-14-32-15-13-27/h2-7,16H,8-15,17H2,1H3,(H,25,29). The van der Waals surface area contributed by atoms with Crippen molar-refractivity contribution in [2.45, 2.75) is 6.92 Å². The van der Waals surface area contributed by atoms with Crippen molar-refractivity contribution in [1.29, 1.82) is 0 Å². The molecule has 8 nitrogen and oxygen atoms in total. The average Bonchev–Trinajstić information content (AvgIpc) is 2.79. The zero-order valence-corrected chi connectivity index (χ0v) is 20.2. The SMILES string of the molecule is Cc1cccc(N2CCN(S(=O)(=O)CC(=O)Nc3cccc(Cl)c3N3CCOCC3)CC2)c1. The number of carbonyl (C=O) groups is 1. The molecule has 1 N–H and O–H groups in total. The molecule has 0 aliphatic carbocycles. The topological polar surface area (TPSA) is 82.2 Å². The number of hydrogen-bond donors (Lipinski definition) is 1. The Morgan fingerprint density at radius 3 is 2.39 bits per heavy atom. The predicted octanol–water partition coefficient (Wildman–Crippen LogP) is 2.58. The van der Waals surface area contributed by atoms with E-state index < -0.39 is 21.7 Å². The Morgan fingerprint density at radius 2 is 1.70 bits per heavy atom. The lowest BCUT2D eigenvalue weighted by molar-refractivity contribution is -0.113. The van der Waals surface area contributed by atoms with Crippen LogP contribution in [0.1, 0.15) is 5.56 Å². The number of carbonyl (C=O) groups excluding carboxylic acids is 1. The van der Waals surface area contributed by atoms with Crippen LogP contribution in [0.3, 0.4) is 0 Å². The van der Waals surface area contributed by atoms with E-state index >= 15 is 0 Å². The van der Waals surface area contributed by atoms with E-state index in [4.69, 9.17) is 16.3 Å². The van der Waals surface area contributed by atoms with Gasteiger partial charge in [-0.3, -0.25) is 4.79 Å². The van der Waals surface area contributed by atoms with Crippen LogP contribution in [0.15, 0.2) is 42.5 Å². The third-order valence-electron chi connectivity index (χ3n) is 5.90. The normalized spacial score (nSPS) is 17.8. The average molecular weight is 493 g/mol. The van der Waals surface area contributed by atoms with Gasteiger partial charge in [0.25, 0.3) is 0 Å². The number of ether oxygens (including phenoxy) is 1. The summed E-state index contributed by atoms with van der Waals surface area (Å²) in [6, 6.07) is 13.4. The van der Waals surface area contributed by atoms with Crippen molar-refractivity contribution in [3.8, 4) is 0 Å². The Balaban J connectivity index is 1.38. The number of hydrogen-bond acceptors (Lipinski definition) is 6. The number of anilines is 3. The van der Waals surface area contributed by atoms with Crippen LogP contribution in [0.2, 0.25) is 5.02 Å². The van der Waals surface area contributed by atoms with Crippen LogP contribution in [0.5, 0.6) is 0 Å². The second-order valence-electron chi connectivity index (χ2n) is 8.26. The van der Waals surface area contributed by atoms with Crippen molar-refractivity contribution in [3.63, 3.8) is 0 Å². The van der Waals surface area contributed by atoms with Gasteiger partial charge in [0.05, 0.1) is 29.6 Å². The molecule has 0 atom stereocenters. The predicted molar refractivity (Wildman–Crippen MR) is 132 cm³/mol. The van der Waals surface area contributed by atoms with E-state index in [2.05, 4.69) is 16.3 Å². The molecule has 10 heteroatoms. The molecule has 2 aromatic rings. The second kappa shape index (κ2) is 10.3. The first-order valence-corrected chi connectivity index (χ1v) is 13.0. The number of sulfonamides is 1. The lowest BCUT2D eigenvalue weighted by atomic mass is 10.2. The van der Waals surface area contributed by atoms with Gasteiger partial charge in [-0.15, -0.1) is 0 Å². The summed E-state index contributed by atoms with van der Waals surface area (Å²) >= 11 is 6.41. The number of halogens is 1. The lowest BCUT2D eigenvalue weighted by Crippen LogP contribution is -2.50. The first-order valence-electron chi connectivity index (χ1n) is 11.0. The van der Waals surface area contributed by atoms with E-state index in [9.17, 15) is 13.2 Å². The van der Waals surface area contributed by atoms with Crippen LogP contribution >= 0.6 is 11.6 Å². The van der Waals surface area contributed by atoms with Gasteiger partial charge in [-0.1, -0.05) is 29.8 Å². The summed E-state index contributed by atoms with van der Waals surface area (Å²) in [5.74, 6) is -1.18. The molecule has 33 heavy (non-hydrogen) atoms. The number of piperazine rings is 1. The first-order chi connectivity index (χ1) is 15.8. The van der Waals surface area contributed by atoms with E-state index in [-0.39, 0.29) is 0 Å². The van der Waals surface area contributed by atoms with Crippen LogP contribution < -0.4 is 15.1 Å². The van der Waals surface area contributed by atoms with Crippen LogP contribution in [-0.2, 0) is 19.6 Å². The molecule has 0 saturated carbocycles. The molecule has 2 heterocycles. The van der Waals surface area contributed by atoms with E-state index in [0.29, 0.717) is 68.9 Å². The van der Waals surface area contributed by atoms with Crippen LogP contribution in [-0.4, -0.2) is 76.9 Å². The molecular weight excluding hydrogens is 464 g/mol. The molecule has 0 radical (unpaired) electrons. The highest BCUT2D eigenvalue weighted by molar-refractivity contribution is 7.89. The Bertz CT molecular complexity index is 1100. The molecule has 0 aromatic heterocycles. The minimum Gasteiger partial charge on any atom is -0.378 e. The van der Waals surface area contributed by atoms with Gasteiger partial charge in [0.1, 0.15) is 5.75 Å². The van der Waals surface area contributed by atoms with Crippen LogP contribution in [0.25, 0.3) is 0 Å². The molecule has 1 amide bonds. The van der Waals surface area contributed by atoms with Crippen LogP contribution in [0.4, 0.5) is 17.1 Å². The summed E-state index contributed by atoms with van der Waals surface area (Å²) in [4.78, 5) is 16.9. The van der Waals surface area contributed by atoms with Crippen molar-refractivity contribution < 1.29 is 17.9 Å². The number of benzene rings is 2.